The summed E-state index contributed by atoms with van der Waals surface area (Å²) >= 11 is 7.78. The van der Waals surface area contributed by atoms with Gasteiger partial charge in [-0.1, -0.05) is 11.6 Å². The van der Waals surface area contributed by atoms with Gasteiger partial charge in [-0.15, -0.1) is 0 Å². The molecule has 1 aromatic heterocycles. The molecule has 0 fully saturated rings. The first-order valence-electron chi connectivity index (χ1n) is 5.19. The van der Waals surface area contributed by atoms with Crippen LogP contribution in [0.3, 0.4) is 0 Å². The molecule has 1 heterocycles. The Balaban J connectivity index is 2.17. The summed E-state index contributed by atoms with van der Waals surface area (Å²) in [6.45, 7) is 2.08. The molecule has 2 aromatic rings. The highest BCUT2D eigenvalue weighted by Crippen LogP contribution is 2.27. The lowest BCUT2D eigenvalue weighted by Crippen LogP contribution is -2.05. The third-order valence-corrected chi connectivity index (χ3v) is 3.53. The van der Waals surface area contributed by atoms with Gasteiger partial charge in [-0.3, -0.25) is 0 Å². The summed E-state index contributed by atoms with van der Waals surface area (Å²) in [4.78, 5) is 0. The summed E-state index contributed by atoms with van der Waals surface area (Å²) in [6, 6.07) is 9.62. The van der Waals surface area contributed by atoms with Crippen molar-refractivity contribution in [3.8, 4) is 6.07 Å². The van der Waals surface area contributed by atoms with E-state index in [1.54, 1.807) is 23.5 Å². The zero-order valence-electron chi connectivity index (χ0n) is 9.27. The standard InChI is InChI=1S/C13H11ClN2S/c1-9(11-4-5-17-8-11)16-13-3-2-10(7-15)6-12(13)14/h2-6,8-9,16H,1H3. The molecule has 2 rings (SSSR count). The molecule has 0 radical (unpaired) electrons. The van der Waals surface area contributed by atoms with Crippen LogP contribution >= 0.6 is 22.9 Å². The second kappa shape index (κ2) is 5.22. The van der Waals surface area contributed by atoms with Crippen molar-refractivity contribution in [2.75, 3.05) is 5.32 Å². The first-order chi connectivity index (χ1) is 8.20. The van der Waals surface area contributed by atoms with Gasteiger partial charge in [0.05, 0.1) is 22.3 Å². The molecule has 17 heavy (non-hydrogen) atoms. The Bertz CT molecular complexity index is 543. The predicted molar refractivity (Wildman–Crippen MR) is 72.5 cm³/mol. The number of nitrogens with zero attached hydrogens (tertiary/aromatic N) is 1. The Morgan fingerprint density at radius 3 is 2.82 bits per heavy atom. The number of rotatable bonds is 3. The second-order valence-electron chi connectivity index (χ2n) is 3.73. The number of halogens is 1. The molecule has 2 nitrogen and oxygen atoms in total. The quantitative estimate of drug-likeness (QED) is 0.887. The summed E-state index contributed by atoms with van der Waals surface area (Å²) in [6.07, 6.45) is 0. The van der Waals surface area contributed by atoms with Crippen molar-refractivity contribution in [2.45, 2.75) is 13.0 Å². The van der Waals surface area contributed by atoms with Crippen LogP contribution in [0.5, 0.6) is 0 Å². The Hall–Kier alpha value is -1.50. The van der Waals surface area contributed by atoms with Crippen molar-refractivity contribution in [3.63, 3.8) is 0 Å². The van der Waals surface area contributed by atoms with Crippen LogP contribution in [0.2, 0.25) is 5.02 Å². The summed E-state index contributed by atoms with van der Waals surface area (Å²) in [5, 5.41) is 16.8. The van der Waals surface area contributed by atoms with Crippen molar-refractivity contribution >= 4 is 28.6 Å². The van der Waals surface area contributed by atoms with Gasteiger partial charge in [-0.05, 0) is 47.5 Å². The fourth-order valence-corrected chi connectivity index (χ4v) is 2.53. The van der Waals surface area contributed by atoms with Gasteiger partial charge < -0.3 is 5.32 Å². The average Bonchev–Trinajstić information content (AvgIpc) is 2.85. The molecule has 0 bridgehead atoms. The van der Waals surface area contributed by atoms with E-state index in [1.807, 2.05) is 11.4 Å². The number of hydrogen-bond acceptors (Lipinski definition) is 3. The van der Waals surface area contributed by atoms with Crippen LogP contribution < -0.4 is 5.32 Å². The maximum absolute atomic E-state index is 8.76. The molecule has 1 atom stereocenters. The highest BCUT2D eigenvalue weighted by molar-refractivity contribution is 7.08. The molecule has 0 saturated heterocycles. The van der Waals surface area contributed by atoms with Crippen LogP contribution in [0, 0.1) is 11.3 Å². The van der Waals surface area contributed by atoms with Gasteiger partial charge in [-0.2, -0.15) is 16.6 Å². The zero-order valence-corrected chi connectivity index (χ0v) is 10.8. The minimum Gasteiger partial charge on any atom is -0.377 e. The first-order valence-corrected chi connectivity index (χ1v) is 6.51. The van der Waals surface area contributed by atoms with E-state index in [0.29, 0.717) is 10.6 Å². The van der Waals surface area contributed by atoms with Gasteiger partial charge in [0, 0.05) is 6.04 Å². The Kier molecular flexibility index (Phi) is 3.68. The van der Waals surface area contributed by atoms with Crippen LogP contribution in [0.25, 0.3) is 0 Å². The van der Waals surface area contributed by atoms with E-state index < -0.39 is 0 Å². The molecule has 0 saturated carbocycles. The lowest BCUT2D eigenvalue weighted by atomic mass is 10.1. The average molecular weight is 263 g/mol. The number of anilines is 1. The molecular formula is C13H11ClN2S. The van der Waals surface area contributed by atoms with Crippen LogP contribution in [0.15, 0.2) is 35.0 Å². The molecule has 0 aliphatic carbocycles. The number of thiophene rings is 1. The summed E-state index contributed by atoms with van der Waals surface area (Å²) in [5.41, 5.74) is 2.66. The summed E-state index contributed by atoms with van der Waals surface area (Å²) in [7, 11) is 0. The molecule has 0 aliphatic heterocycles. The number of hydrogen-bond donors (Lipinski definition) is 1. The van der Waals surface area contributed by atoms with E-state index in [-0.39, 0.29) is 6.04 Å². The van der Waals surface area contributed by atoms with Crippen LogP contribution in [0.4, 0.5) is 5.69 Å². The molecular weight excluding hydrogens is 252 g/mol. The maximum atomic E-state index is 8.76. The third-order valence-electron chi connectivity index (χ3n) is 2.51. The van der Waals surface area contributed by atoms with Crippen molar-refractivity contribution in [1.82, 2.24) is 0 Å². The summed E-state index contributed by atoms with van der Waals surface area (Å²) < 4.78 is 0. The molecule has 0 amide bonds. The molecule has 0 aliphatic rings. The van der Waals surface area contributed by atoms with Gasteiger partial charge in [0.15, 0.2) is 0 Å². The highest BCUT2D eigenvalue weighted by atomic mass is 35.5. The maximum Gasteiger partial charge on any atom is 0.0992 e. The van der Waals surface area contributed by atoms with E-state index in [4.69, 9.17) is 16.9 Å². The minimum absolute atomic E-state index is 0.201. The SMILES string of the molecule is CC(Nc1ccc(C#N)cc1Cl)c1ccsc1. The van der Waals surface area contributed by atoms with E-state index in [1.165, 1.54) is 5.56 Å². The normalized spacial score (nSPS) is 11.8. The monoisotopic (exact) mass is 262 g/mol. The van der Waals surface area contributed by atoms with Gasteiger partial charge in [0.1, 0.15) is 0 Å². The van der Waals surface area contributed by atoms with Gasteiger partial charge in [0.25, 0.3) is 0 Å². The van der Waals surface area contributed by atoms with Crippen LogP contribution in [-0.4, -0.2) is 0 Å². The van der Waals surface area contributed by atoms with Gasteiger partial charge >= 0.3 is 0 Å². The fraction of sp³-hybridized carbons (Fsp3) is 0.154. The predicted octanol–water partition coefficient (Wildman–Crippen LogP) is 4.45. The Labute approximate surface area is 109 Å². The number of nitriles is 1. The van der Waals surface area contributed by atoms with Crippen molar-refractivity contribution in [1.29, 1.82) is 5.26 Å². The third kappa shape index (κ3) is 2.79. The number of benzene rings is 1. The fourth-order valence-electron chi connectivity index (χ4n) is 1.54. The molecule has 1 N–H and O–H groups in total. The smallest absolute Gasteiger partial charge is 0.0992 e. The largest absolute Gasteiger partial charge is 0.377 e. The van der Waals surface area contributed by atoms with Crippen LogP contribution in [0.1, 0.15) is 24.1 Å². The molecule has 1 aromatic carbocycles. The van der Waals surface area contributed by atoms with Crippen molar-refractivity contribution in [2.24, 2.45) is 0 Å². The minimum atomic E-state index is 0.201. The lowest BCUT2D eigenvalue weighted by molar-refractivity contribution is 0.890. The van der Waals surface area contributed by atoms with E-state index in [2.05, 4.69) is 29.8 Å². The molecule has 86 valence electrons. The molecule has 1 unspecified atom stereocenters. The van der Waals surface area contributed by atoms with Gasteiger partial charge in [-0.25, -0.2) is 0 Å². The van der Waals surface area contributed by atoms with Crippen molar-refractivity contribution < 1.29 is 0 Å². The Morgan fingerprint density at radius 2 is 2.24 bits per heavy atom. The van der Waals surface area contributed by atoms with E-state index >= 15 is 0 Å². The van der Waals surface area contributed by atoms with Gasteiger partial charge in [0.2, 0.25) is 0 Å². The summed E-state index contributed by atoms with van der Waals surface area (Å²) in [5.74, 6) is 0. The van der Waals surface area contributed by atoms with E-state index in [0.717, 1.165) is 5.69 Å². The zero-order chi connectivity index (χ0) is 12.3. The topological polar surface area (TPSA) is 35.8 Å². The van der Waals surface area contributed by atoms with Crippen LogP contribution in [-0.2, 0) is 0 Å². The lowest BCUT2D eigenvalue weighted by Gasteiger charge is -2.15. The highest BCUT2D eigenvalue weighted by Gasteiger charge is 2.08. The van der Waals surface area contributed by atoms with E-state index in [9.17, 15) is 0 Å². The molecule has 0 spiro atoms. The second-order valence-corrected chi connectivity index (χ2v) is 4.92. The first kappa shape index (κ1) is 12.0. The van der Waals surface area contributed by atoms with Crippen molar-refractivity contribution in [3.05, 3.63) is 51.2 Å². The molecule has 4 heteroatoms. The number of nitrogens with one attached hydrogen (secondary N) is 1. The Morgan fingerprint density at radius 1 is 1.41 bits per heavy atom.